The van der Waals surface area contributed by atoms with Gasteiger partial charge in [-0.25, -0.2) is 24.3 Å². The van der Waals surface area contributed by atoms with Crippen molar-refractivity contribution in [2.75, 3.05) is 0 Å². The molecule has 0 atom stereocenters. The van der Waals surface area contributed by atoms with E-state index in [9.17, 15) is 4.39 Å². The van der Waals surface area contributed by atoms with Crippen LogP contribution in [0.4, 0.5) is 4.39 Å². The van der Waals surface area contributed by atoms with Gasteiger partial charge in [0.25, 0.3) is 0 Å². The van der Waals surface area contributed by atoms with Crippen LogP contribution < -0.4 is 0 Å². The summed E-state index contributed by atoms with van der Waals surface area (Å²) in [6, 6.07) is 9.19. The van der Waals surface area contributed by atoms with Crippen molar-refractivity contribution in [3.05, 3.63) is 61.1 Å². The van der Waals surface area contributed by atoms with Crippen molar-refractivity contribution in [2.45, 2.75) is 0 Å². The van der Waals surface area contributed by atoms with Crippen LogP contribution in [-0.2, 0) is 0 Å². The zero-order chi connectivity index (χ0) is 14.9. The van der Waals surface area contributed by atoms with Gasteiger partial charge in [0.15, 0.2) is 11.6 Å². The number of H-pyrrole nitrogens is 1. The molecule has 6 heteroatoms. The SMILES string of the molecule is Fc1cnc(-c2c[nH]c3ncncc23)nc1-c1ccccc1. The van der Waals surface area contributed by atoms with E-state index in [1.165, 1.54) is 12.5 Å². The first-order valence-electron chi connectivity index (χ1n) is 6.68. The maximum Gasteiger partial charge on any atom is 0.167 e. The standard InChI is InChI=1S/C16H10FN5/c17-13-8-20-16(22-14(13)10-4-2-1-3-5-10)12-7-19-15-11(12)6-18-9-21-15/h1-9H,(H,18,19,21). The van der Waals surface area contributed by atoms with Gasteiger partial charge in [-0.15, -0.1) is 0 Å². The maximum absolute atomic E-state index is 14.1. The van der Waals surface area contributed by atoms with Crippen molar-refractivity contribution in [1.29, 1.82) is 0 Å². The first-order valence-corrected chi connectivity index (χ1v) is 6.68. The summed E-state index contributed by atoms with van der Waals surface area (Å²) in [7, 11) is 0. The van der Waals surface area contributed by atoms with Crippen LogP contribution in [0.2, 0.25) is 0 Å². The Bertz CT molecular complexity index is 949. The molecule has 1 N–H and O–H groups in total. The summed E-state index contributed by atoms with van der Waals surface area (Å²) < 4.78 is 14.1. The molecule has 0 saturated heterocycles. The molecule has 0 bridgehead atoms. The lowest BCUT2D eigenvalue weighted by Gasteiger charge is -2.04. The molecule has 0 aliphatic carbocycles. The van der Waals surface area contributed by atoms with Crippen molar-refractivity contribution >= 4 is 11.0 Å². The van der Waals surface area contributed by atoms with Gasteiger partial charge < -0.3 is 4.98 Å². The first-order chi connectivity index (χ1) is 10.8. The maximum atomic E-state index is 14.1. The van der Waals surface area contributed by atoms with Gasteiger partial charge in [0.2, 0.25) is 0 Å². The zero-order valence-corrected chi connectivity index (χ0v) is 11.4. The van der Waals surface area contributed by atoms with Crippen LogP contribution in [0, 0.1) is 5.82 Å². The van der Waals surface area contributed by atoms with Gasteiger partial charge in [0.05, 0.1) is 6.20 Å². The third-order valence-corrected chi connectivity index (χ3v) is 3.39. The summed E-state index contributed by atoms with van der Waals surface area (Å²) in [5.41, 5.74) is 2.42. The summed E-state index contributed by atoms with van der Waals surface area (Å²) in [4.78, 5) is 19.6. The lowest BCUT2D eigenvalue weighted by atomic mass is 10.1. The number of nitrogens with zero attached hydrogens (tertiary/aromatic N) is 4. The monoisotopic (exact) mass is 291 g/mol. The summed E-state index contributed by atoms with van der Waals surface area (Å²) in [5.74, 6) is -0.0210. The highest BCUT2D eigenvalue weighted by Gasteiger charge is 2.14. The van der Waals surface area contributed by atoms with E-state index in [0.717, 1.165) is 10.9 Å². The summed E-state index contributed by atoms with van der Waals surface area (Å²) in [6.07, 6.45) is 6.08. The summed E-state index contributed by atoms with van der Waals surface area (Å²) in [6.45, 7) is 0. The lowest BCUT2D eigenvalue weighted by molar-refractivity contribution is 0.619. The van der Waals surface area contributed by atoms with Crippen LogP contribution in [0.1, 0.15) is 0 Å². The van der Waals surface area contributed by atoms with E-state index < -0.39 is 5.82 Å². The highest BCUT2D eigenvalue weighted by molar-refractivity contribution is 5.91. The predicted octanol–water partition coefficient (Wildman–Crippen LogP) is 3.22. The largest absolute Gasteiger partial charge is 0.345 e. The van der Waals surface area contributed by atoms with E-state index in [2.05, 4.69) is 24.9 Å². The Morgan fingerprint density at radius 2 is 1.86 bits per heavy atom. The molecule has 0 spiro atoms. The molecule has 0 saturated carbocycles. The number of aromatic amines is 1. The average molecular weight is 291 g/mol. The molecule has 1 aromatic carbocycles. The number of benzene rings is 1. The van der Waals surface area contributed by atoms with Crippen LogP contribution >= 0.6 is 0 Å². The molecule has 0 aliphatic rings. The topological polar surface area (TPSA) is 67.3 Å². The molecule has 0 radical (unpaired) electrons. The van der Waals surface area contributed by atoms with Crippen LogP contribution in [-0.4, -0.2) is 24.9 Å². The van der Waals surface area contributed by atoms with Crippen molar-refractivity contribution < 1.29 is 4.39 Å². The fourth-order valence-electron chi connectivity index (χ4n) is 2.34. The van der Waals surface area contributed by atoms with E-state index in [4.69, 9.17) is 0 Å². The van der Waals surface area contributed by atoms with Crippen LogP contribution in [0.5, 0.6) is 0 Å². The third-order valence-electron chi connectivity index (χ3n) is 3.39. The van der Waals surface area contributed by atoms with Crippen molar-refractivity contribution in [1.82, 2.24) is 24.9 Å². The second-order valence-electron chi connectivity index (χ2n) is 4.74. The first kappa shape index (κ1) is 12.6. The Kier molecular flexibility index (Phi) is 2.86. The molecule has 106 valence electrons. The molecular formula is C16H10FN5. The van der Waals surface area contributed by atoms with Gasteiger partial charge in [-0.1, -0.05) is 30.3 Å². The fraction of sp³-hybridized carbons (Fsp3) is 0. The van der Waals surface area contributed by atoms with Gasteiger partial charge in [-0.05, 0) is 0 Å². The van der Waals surface area contributed by atoms with Crippen molar-refractivity contribution in [2.24, 2.45) is 0 Å². The highest BCUT2D eigenvalue weighted by Crippen LogP contribution is 2.27. The predicted molar refractivity (Wildman–Crippen MR) is 80.3 cm³/mol. The third kappa shape index (κ3) is 2.01. The molecule has 0 unspecified atom stereocenters. The van der Waals surface area contributed by atoms with E-state index in [-0.39, 0.29) is 5.69 Å². The Balaban J connectivity index is 1.90. The Labute approximate surface area is 124 Å². The molecule has 0 amide bonds. The van der Waals surface area contributed by atoms with E-state index in [1.54, 1.807) is 12.4 Å². The molecule has 3 aromatic heterocycles. The fourth-order valence-corrected chi connectivity index (χ4v) is 2.34. The minimum Gasteiger partial charge on any atom is -0.345 e. The molecule has 4 aromatic rings. The van der Waals surface area contributed by atoms with E-state index in [0.29, 0.717) is 17.0 Å². The zero-order valence-electron chi connectivity index (χ0n) is 11.4. The molecule has 4 rings (SSSR count). The van der Waals surface area contributed by atoms with Crippen LogP contribution in [0.25, 0.3) is 33.7 Å². The molecule has 5 nitrogen and oxygen atoms in total. The summed E-state index contributed by atoms with van der Waals surface area (Å²) in [5, 5.41) is 0.799. The van der Waals surface area contributed by atoms with E-state index in [1.807, 2.05) is 30.3 Å². The number of aromatic nitrogens is 5. The van der Waals surface area contributed by atoms with Crippen molar-refractivity contribution in [3.63, 3.8) is 0 Å². The van der Waals surface area contributed by atoms with Crippen molar-refractivity contribution in [3.8, 4) is 22.6 Å². The molecular weight excluding hydrogens is 281 g/mol. The van der Waals surface area contributed by atoms with Crippen LogP contribution in [0.15, 0.2) is 55.2 Å². The van der Waals surface area contributed by atoms with Crippen LogP contribution in [0.3, 0.4) is 0 Å². The molecule has 0 aliphatic heterocycles. The number of halogens is 1. The van der Waals surface area contributed by atoms with Gasteiger partial charge in [-0.2, -0.15) is 0 Å². The molecule has 0 fully saturated rings. The number of fused-ring (bicyclic) bond motifs is 1. The normalized spacial score (nSPS) is 11.0. The quantitative estimate of drug-likeness (QED) is 0.615. The van der Waals surface area contributed by atoms with E-state index >= 15 is 0 Å². The molecule has 3 heterocycles. The van der Waals surface area contributed by atoms with Gasteiger partial charge >= 0.3 is 0 Å². The second-order valence-corrected chi connectivity index (χ2v) is 4.74. The van der Waals surface area contributed by atoms with Gasteiger partial charge in [0.1, 0.15) is 17.7 Å². The number of rotatable bonds is 2. The number of nitrogens with one attached hydrogen (secondary N) is 1. The second kappa shape index (κ2) is 5.00. The highest BCUT2D eigenvalue weighted by atomic mass is 19.1. The van der Waals surface area contributed by atoms with Gasteiger partial charge in [0, 0.05) is 28.9 Å². The number of hydrogen-bond donors (Lipinski definition) is 1. The molecule has 22 heavy (non-hydrogen) atoms. The lowest BCUT2D eigenvalue weighted by Crippen LogP contribution is -1.95. The number of hydrogen-bond acceptors (Lipinski definition) is 4. The van der Waals surface area contributed by atoms with Gasteiger partial charge in [-0.3, -0.25) is 0 Å². The Morgan fingerprint density at radius 3 is 2.73 bits per heavy atom. The average Bonchev–Trinajstić information content (AvgIpc) is 3.00. The Morgan fingerprint density at radius 1 is 1.00 bits per heavy atom. The minimum atomic E-state index is -0.453. The Hall–Kier alpha value is -3.15. The smallest absolute Gasteiger partial charge is 0.167 e. The minimum absolute atomic E-state index is 0.275. The summed E-state index contributed by atoms with van der Waals surface area (Å²) >= 11 is 0.